The molecule has 3 heterocycles. The van der Waals surface area contributed by atoms with Gasteiger partial charge in [-0.15, -0.1) is 0 Å². The first-order chi connectivity index (χ1) is 11.3. The van der Waals surface area contributed by atoms with E-state index in [0.717, 1.165) is 22.8 Å². The number of benzene rings is 1. The molecule has 0 saturated carbocycles. The van der Waals surface area contributed by atoms with Gasteiger partial charge in [0.2, 0.25) is 4.96 Å². The van der Waals surface area contributed by atoms with Crippen molar-refractivity contribution in [3.63, 3.8) is 0 Å². The number of imidazole rings is 1. The molecule has 1 aromatic carbocycles. The van der Waals surface area contributed by atoms with Gasteiger partial charge in [0, 0.05) is 6.42 Å². The van der Waals surface area contributed by atoms with Crippen LogP contribution in [0, 0.1) is 0 Å². The summed E-state index contributed by atoms with van der Waals surface area (Å²) in [6.07, 6.45) is 3.40. The molecule has 116 valence electrons. The van der Waals surface area contributed by atoms with Crippen LogP contribution in [-0.2, 0) is 19.4 Å². The molecule has 4 rings (SSSR count). The maximum atomic E-state index is 9.68. The van der Waals surface area contributed by atoms with Crippen molar-refractivity contribution in [3.8, 4) is 11.5 Å². The van der Waals surface area contributed by atoms with Crippen LogP contribution < -0.4 is 0 Å². The maximum absolute atomic E-state index is 9.68. The van der Waals surface area contributed by atoms with Gasteiger partial charge in [-0.25, -0.2) is 9.50 Å². The van der Waals surface area contributed by atoms with Crippen LogP contribution in [0.25, 0.3) is 16.4 Å². The monoisotopic (exact) mass is 325 g/mol. The van der Waals surface area contributed by atoms with Crippen molar-refractivity contribution >= 4 is 16.3 Å². The van der Waals surface area contributed by atoms with Crippen LogP contribution in [0.4, 0.5) is 0 Å². The van der Waals surface area contributed by atoms with Crippen LogP contribution in [0.3, 0.4) is 0 Å². The average molecular weight is 325 g/mol. The molecule has 0 atom stereocenters. The molecule has 4 aromatic rings. The fourth-order valence-electron chi connectivity index (χ4n) is 2.58. The number of aliphatic hydroxyl groups is 1. The molecule has 0 saturated heterocycles. The standard InChI is InChI=1S/C17H15N3O2S/c21-11-13-16(14-7-4-10-22-14)18-17-20(13)19-15(23-17)9-8-12-5-2-1-3-6-12/h1-7,10,21H,8-9,11H2. The van der Waals surface area contributed by atoms with Crippen molar-refractivity contribution in [2.24, 2.45) is 0 Å². The van der Waals surface area contributed by atoms with Crippen LogP contribution in [0.2, 0.25) is 0 Å². The lowest BCUT2D eigenvalue weighted by atomic mass is 10.1. The highest BCUT2D eigenvalue weighted by atomic mass is 32.1. The third kappa shape index (κ3) is 2.67. The number of hydrogen-bond donors (Lipinski definition) is 1. The van der Waals surface area contributed by atoms with Crippen molar-refractivity contribution in [2.75, 3.05) is 0 Å². The summed E-state index contributed by atoms with van der Waals surface area (Å²) in [5, 5.41) is 15.3. The minimum atomic E-state index is -0.126. The highest BCUT2D eigenvalue weighted by Crippen LogP contribution is 2.27. The summed E-state index contributed by atoms with van der Waals surface area (Å²) in [6.45, 7) is -0.126. The third-order valence-electron chi connectivity index (χ3n) is 3.71. The topological polar surface area (TPSA) is 63.6 Å². The highest BCUT2D eigenvalue weighted by Gasteiger charge is 2.18. The van der Waals surface area contributed by atoms with E-state index in [9.17, 15) is 5.11 Å². The molecule has 1 N–H and O–H groups in total. The molecule has 0 aliphatic heterocycles. The Labute approximate surface area is 136 Å². The Morgan fingerprint density at radius 3 is 2.70 bits per heavy atom. The molecule has 0 unspecified atom stereocenters. The van der Waals surface area contributed by atoms with Crippen LogP contribution in [0.5, 0.6) is 0 Å². The second-order valence-electron chi connectivity index (χ2n) is 5.22. The first-order valence-electron chi connectivity index (χ1n) is 7.41. The molecule has 0 bridgehead atoms. The Kier molecular flexibility index (Phi) is 3.69. The smallest absolute Gasteiger partial charge is 0.213 e. The van der Waals surface area contributed by atoms with Crippen molar-refractivity contribution in [1.82, 2.24) is 14.6 Å². The number of fused-ring (bicyclic) bond motifs is 1. The molecule has 0 aliphatic carbocycles. The fraction of sp³-hybridized carbons (Fsp3) is 0.176. The number of nitrogens with zero attached hydrogens (tertiary/aromatic N) is 3. The number of aryl methyl sites for hydroxylation is 2. The summed E-state index contributed by atoms with van der Waals surface area (Å²) in [4.78, 5) is 5.35. The van der Waals surface area contributed by atoms with Crippen molar-refractivity contribution in [2.45, 2.75) is 19.4 Å². The van der Waals surface area contributed by atoms with Crippen LogP contribution in [-0.4, -0.2) is 19.7 Å². The predicted molar refractivity (Wildman–Crippen MR) is 88.3 cm³/mol. The molecule has 6 heteroatoms. The van der Waals surface area contributed by atoms with Gasteiger partial charge in [0.05, 0.1) is 12.9 Å². The molecule has 0 amide bonds. The van der Waals surface area contributed by atoms with E-state index < -0.39 is 0 Å². The van der Waals surface area contributed by atoms with Gasteiger partial charge in [-0.2, -0.15) is 5.10 Å². The van der Waals surface area contributed by atoms with Gasteiger partial charge in [0.15, 0.2) is 5.76 Å². The van der Waals surface area contributed by atoms with Crippen LogP contribution in [0.15, 0.2) is 53.1 Å². The highest BCUT2D eigenvalue weighted by molar-refractivity contribution is 7.16. The van der Waals surface area contributed by atoms with Gasteiger partial charge in [-0.3, -0.25) is 0 Å². The Hall–Kier alpha value is -2.44. The van der Waals surface area contributed by atoms with Crippen molar-refractivity contribution in [1.29, 1.82) is 0 Å². The molecule has 0 radical (unpaired) electrons. The zero-order chi connectivity index (χ0) is 15.6. The Balaban J connectivity index is 1.63. The van der Waals surface area contributed by atoms with Gasteiger partial charge in [0.1, 0.15) is 16.4 Å². The lowest BCUT2D eigenvalue weighted by Crippen LogP contribution is -1.97. The summed E-state index contributed by atoms with van der Waals surface area (Å²) >= 11 is 1.55. The van der Waals surface area contributed by atoms with Gasteiger partial charge >= 0.3 is 0 Å². The summed E-state index contributed by atoms with van der Waals surface area (Å²) in [7, 11) is 0. The lowest BCUT2D eigenvalue weighted by Gasteiger charge is -1.98. The molecular weight excluding hydrogens is 310 g/mol. The molecule has 3 aromatic heterocycles. The van der Waals surface area contributed by atoms with E-state index in [1.807, 2.05) is 30.3 Å². The molecule has 5 nitrogen and oxygen atoms in total. The molecule has 0 aliphatic rings. The van der Waals surface area contributed by atoms with E-state index in [1.165, 1.54) is 5.56 Å². The van der Waals surface area contributed by atoms with E-state index in [2.05, 4.69) is 22.2 Å². The SMILES string of the molecule is OCc1c(-c2ccco2)nc2sc(CCc3ccccc3)nn12. The minimum Gasteiger partial charge on any atom is -0.463 e. The van der Waals surface area contributed by atoms with E-state index in [4.69, 9.17) is 4.42 Å². The molecule has 0 spiro atoms. The van der Waals surface area contributed by atoms with Crippen LogP contribution in [0.1, 0.15) is 16.3 Å². The average Bonchev–Trinajstić information content (AvgIpc) is 3.29. The number of aliphatic hydroxyl groups excluding tert-OH is 1. The molecular formula is C17H15N3O2S. The summed E-state index contributed by atoms with van der Waals surface area (Å²) in [6, 6.07) is 14.0. The van der Waals surface area contributed by atoms with E-state index in [-0.39, 0.29) is 6.61 Å². The number of aromatic nitrogens is 3. The largest absolute Gasteiger partial charge is 0.463 e. The second-order valence-corrected chi connectivity index (χ2v) is 6.26. The number of furan rings is 1. The van der Waals surface area contributed by atoms with Gasteiger partial charge in [-0.05, 0) is 24.1 Å². The van der Waals surface area contributed by atoms with Gasteiger partial charge in [-0.1, -0.05) is 41.7 Å². The zero-order valence-corrected chi connectivity index (χ0v) is 13.2. The first kappa shape index (κ1) is 14.2. The predicted octanol–water partition coefficient (Wildman–Crippen LogP) is 3.33. The molecule has 23 heavy (non-hydrogen) atoms. The van der Waals surface area contributed by atoms with E-state index in [0.29, 0.717) is 17.1 Å². The number of rotatable bonds is 5. The third-order valence-corrected chi connectivity index (χ3v) is 4.68. The van der Waals surface area contributed by atoms with Gasteiger partial charge < -0.3 is 9.52 Å². The fourth-order valence-corrected chi connectivity index (χ4v) is 3.49. The van der Waals surface area contributed by atoms with Crippen molar-refractivity contribution in [3.05, 3.63) is 65.0 Å². The van der Waals surface area contributed by atoms with Crippen molar-refractivity contribution < 1.29 is 9.52 Å². The quantitative estimate of drug-likeness (QED) is 0.611. The molecule has 0 fully saturated rings. The second kappa shape index (κ2) is 5.98. The minimum absolute atomic E-state index is 0.126. The Bertz CT molecular complexity index is 910. The lowest BCUT2D eigenvalue weighted by molar-refractivity contribution is 0.274. The summed E-state index contributed by atoms with van der Waals surface area (Å²) in [5.41, 5.74) is 2.61. The maximum Gasteiger partial charge on any atom is 0.213 e. The normalized spacial score (nSPS) is 11.3. The van der Waals surface area contributed by atoms with E-state index >= 15 is 0 Å². The Morgan fingerprint density at radius 1 is 1.09 bits per heavy atom. The Morgan fingerprint density at radius 2 is 1.96 bits per heavy atom. The van der Waals surface area contributed by atoms with Gasteiger partial charge in [0.25, 0.3) is 0 Å². The van der Waals surface area contributed by atoms with Crippen LogP contribution >= 0.6 is 11.3 Å². The summed E-state index contributed by atoms with van der Waals surface area (Å²) in [5.74, 6) is 0.651. The number of hydrogen-bond acceptors (Lipinski definition) is 5. The van der Waals surface area contributed by atoms with E-state index in [1.54, 1.807) is 22.1 Å². The first-order valence-corrected chi connectivity index (χ1v) is 8.23. The summed E-state index contributed by atoms with van der Waals surface area (Å²) < 4.78 is 7.11. The zero-order valence-electron chi connectivity index (χ0n) is 12.3.